The van der Waals surface area contributed by atoms with Crippen molar-refractivity contribution in [3.8, 4) is 0 Å². The number of aliphatic imine (C=N–C) groups is 1. The summed E-state index contributed by atoms with van der Waals surface area (Å²) in [4.78, 5) is 6.97. The van der Waals surface area contributed by atoms with Gasteiger partial charge in [-0.25, -0.2) is 0 Å². The summed E-state index contributed by atoms with van der Waals surface area (Å²) in [7, 11) is 2.15. The third-order valence-electron chi connectivity index (χ3n) is 3.72. The first kappa shape index (κ1) is 22.2. The van der Waals surface area contributed by atoms with Crippen LogP contribution in [0, 0.1) is 0 Å². The topological polar surface area (TPSA) is 39.7 Å². The maximum atomic E-state index is 4.65. The van der Waals surface area contributed by atoms with E-state index < -0.39 is 0 Å². The molecule has 0 aromatic heterocycles. The van der Waals surface area contributed by atoms with Crippen LogP contribution in [0.3, 0.4) is 0 Å². The second-order valence-electron chi connectivity index (χ2n) is 5.85. The van der Waals surface area contributed by atoms with Crippen LogP contribution in [0.15, 0.2) is 35.3 Å². The second kappa shape index (κ2) is 13.6. The van der Waals surface area contributed by atoms with Crippen LogP contribution in [-0.4, -0.2) is 50.1 Å². The minimum Gasteiger partial charge on any atom is -0.357 e. The monoisotopic (exact) mass is 432 g/mol. The fraction of sp³-hybridized carbons (Fsp3) is 0.611. The molecule has 1 aromatic rings. The summed E-state index contributed by atoms with van der Waals surface area (Å²) in [6.07, 6.45) is 2.16. The number of benzene rings is 1. The summed E-state index contributed by atoms with van der Waals surface area (Å²) >= 11 is 0. The van der Waals surface area contributed by atoms with Crippen molar-refractivity contribution in [1.82, 2.24) is 15.5 Å². The lowest BCUT2D eigenvalue weighted by Crippen LogP contribution is -2.42. The smallest absolute Gasteiger partial charge is 0.191 e. The molecule has 0 spiro atoms. The van der Waals surface area contributed by atoms with Crippen molar-refractivity contribution in [3.05, 3.63) is 35.9 Å². The third kappa shape index (κ3) is 10.5. The van der Waals surface area contributed by atoms with Crippen molar-refractivity contribution in [2.24, 2.45) is 4.99 Å². The second-order valence-corrected chi connectivity index (χ2v) is 5.85. The molecule has 0 fully saturated rings. The SMILES string of the molecule is CCNC(=NCCCc1ccccc1)NCCN(C)C(C)C.I. The number of aryl methyl sites for hydroxylation is 1. The molecule has 0 aliphatic rings. The zero-order valence-corrected chi connectivity index (χ0v) is 17.3. The lowest BCUT2D eigenvalue weighted by atomic mass is 10.1. The van der Waals surface area contributed by atoms with Crippen molar-refractivity contribution in [2.75, 3.05) is 33.2 Å². The molecule has 5 heteroatoms. The minimum atomic E-state index is 0. The quantitative estimate of drug-likeness (QED) is 0.273. The van der Waals surface area contributed by atoms with Gasteiger partial charge in [0, 0.05) is 32.2 Å². The average Bonchev–Trinajstić information content (AvgIpc) is 2.52. The molecule has 0 heterocycles. The van der Waals surface area contributed by atoms with E-state index in [0.717, 1.165) is 45.0 Å². The first-order valence-electron chi connectivity index (χ1n) is 8.39. The molecule has 0 amide bonds. The Bertz CT molecular complexity index is 420. The van der Waals surface area contributed by atoms with E-state index in [4.69, 9.17) is 0 Å². The van der Waals surface area contributed by atoms with Gasteiger partial charge in [0.15, 0.2) is 5.96 Å². The van der Waals surface area contributed by atoms with Gasteiger partial charge in [-0.1, -0.05) is 30.3 Å². The summed E-state index contributed by atoms with van der Waals surface area (Å²) in [6.45, 7) is 10.2. The molecule has 1 rings (SSSR count). The Morgan fingerprint density at radius 1 is 1.17 bits per heavy atom. The van der Waals surface area contributed by atoms with Crippen LogP contribution in [-0.2, 0) is 6.42 Å². The van der Waals surface area contributed by atoms with Gasteiger partial charge in [0.1, 0.15) is 0 Å². The Labute approximate surface area is 159 Å². The minimum absolute atomic E-state index is 0. The van der Waals surface area contributed by atoms with E-state index in [9.17, 15) is 0 Å². The molecular weight excluding hydrogens is 399 g/mol. The van der Waals surface area contributed by atoms with Crippen LogP contribution in [0.25, 0.3) is 0 Å². The number of nitrogens with zero attached hydrogens (tertiary/aromatic N) is 2. The molecule has 0 atom stereocenters. The van der Waals surface area contributed by atoms with Gasteiger partial charge >= 0.3 is 0 Å². The molecule has 0 saturated carbocycles. The molecule has 0 bridgehead atoms. The summed E-state index contributed by atoms with van der Waals surface area (Å²) in [5.74, 6) is 0.924. The highest BCUT2D eigenvalue weighted by atomic mass is 127. The summed E-state index contributed by atoms with van der Waals surface area (Å²) < 4.78 is 0. The number of hydrogen-bond donors (Lipinski definition) is 2. The molecule has 23 heavy (non-hydrogen) atoms. The molecule has 4 nitrogen and oxygen atoms in total. The van der Waals surface area contributed by atoms with Gasteiger partial charge in [-0.3, -0.25) is 4.99 Å². The molecule has 132 valence electrons. The highest BCUT2D eigenvalue weighted by molar-refractivity contribution is 14.0. The Balaban J connectivity index is 0.00000484. The van der Waals surface area contributed by atoms with Crippen LogP contribution in [0.1, 0.15) is 32.8 Å². The normalized spacial score (nSPS) is 11.5. The van der Waals surface area contributed by atoms with E-state index in [1.54, 1.807) is 0 Å². The van der Waals surface area contributed by atoms with Crippen molar-refractivity contribution >= 4 is 29.9 Å². The van der Waals surface area contributed by atoms with Gasteiger partial charge in [-0.2, -0.15) is 0 Å². The highest BCUT2D eigenvalue weighted by Crippen LogP contribution is 2.02. The lowest BCUT2D eigenvalue weighted by molar-refractivity contribution is 0.278. The van der Waals surface area contributed by atoms with E-state index in [1.807, 2.05) is 0 Å². The van der Waals surface area contributed by atoms with Gasteiger partial charge in [-0.15, -0.1) is 24.0 Å². The van der Waals surface area contributed by atoms with Crippen molar-refractivity contribution in [2.45, 2.75) is 39.7 Å². The Morgan fingerprint density at radius 3 is 2.48 bits per heavy atom. The van der Waals surface area contributed by atoms with Gasteiger partial charge in [-0.05, 0) is 46.2 Å². The van der Waals surface area contributed by atoms with Crippen LogP contribution in [0.5, 0.6) is 0 Å². The molecular formula is C18H33IN4. The fourth-order valence-corrected chi connectivity index (χ4v) is 2.07. The van der Waals surface area contributed by atoms with Crippen molar-refractivity contribution < 1.29 is 0 Å². The number of guanidine groups is 1. The fourth-order valence-electron chi connectivity index (χ4n) is 2.07. The molecule has 0 radical (unpaired) electrons. The lowest BCUT2D eigenvalue weighted by Gasteiger charge is -2.21. The van der Waals surface area contributed by atoms with E-state index in [2.05, 4.69) is 78.7 Å². The number of rotatable bonds is 9. The zero-order chi connectivity index (χ0) is 16.2. The molecule has 0 saturated heterocycles. The van der Waals surface area contributed by atoms with Gasteiger partial charge < -0.3 is 15.5 Å². The third-order valence-corrected chi connectivity index (χ3v) is 3.72. The maximum Gasteiger partial charge on any atom is 0.191 e. The zero-order valence-electron chi connectivity index (χ0n) is 15.0. The Morgan fingerprint density at radius 2 is 1.87 bits per heavy atom. The van der Waals surface area contributed by atoms with Gasteiger partial charge in [0.2, 0.25) is 0 Å². The average molecular weight is 432 g/mol. The number of halogens is 1. The first-order valence-corrected chi connectivity index (χ1v) is 8.39. The molecule has 0 aliphatic heterocycles. The van der Waals surface area contributed by atoms with E-state index >= 15 is 0 Å². The van der Waals surface area contributed by atoms with E-state index in [1.165, 1.54) is 5.56 Å². The molecule has 1 aromatic carbocycles. The number of nitrogens with one attached hydrogen (secondary N) is 2. The van der Waals surface area contributed by atoms with Crippen LogP contribution in [0.2, 0.25) is 0 Å². The summed E-state index contributed by atoms with van der Waals surface area (Å²) in [5.41, 5.74) is 1.38. The maximum absolute atomic E-state index is 4.65. The first-order chi connectivity index (χ1) is 10.6. The molecule has 0 aliphatic carbocycles. The molecule has 2 N–H and O–H groups in total. The van der Waals surface area contributed by atoms with Crippen LogP contribution in [0.4, 0.5) is 0 Å². The standard InChI is InChI=1S/C18H32N4.HI/c1-5-19-18(21-14-15-22(4)16(2)3)20-13-9-12-17-10-7-6-8-11-17;/h6-8,10-11,16H,5,9,12-15H2,1-4H3,(H2,19,20,21);1H. The number of likely N-dealkylation sites (N-methyl/N-ethyl adjacent to an activating group) is 1. The van der Waals surface area contributed by atoms with E-state index in [0.29, 0.717) is 6.04 Å². The Kier molecular flexibility index (Phi) is 13.1. The number of hydrogen-bond acceptors (Lipinski definition) is 2. The highest BCUT2D eigenvalue weighted by Gasteiger charge is 2.03. The predicted octanol–water partition coefficient (Wildman–Crippen LogP) is 3.13. The largest absolute Gasteiger partial charge is 0.357 e. The van der Waals surface area contributed by atoms with Crippen molar-refractivity contribution in [1.29, 1.82) is 0 Å². The summed E-state index contributed by atoms with van der Waals surface area (Å²) in [6, 6.07) is 11.2. The van der Waals surface area contributed by atoms with Crippen molar-refractivity contribution in [3.63, 3.8) is 0 Å². The van der Waals surface area contributed by atoms with Crippen LogP contribution >= 0.6 is 24.0 Å². The predicted molar refractivity (Wildman–Crippen MR) is 112 cm³/mol. The van der Waals surface area contributed by atoms with Gasteiger partial charge in [0.25, 0.3) is 0 Å². The summed E-state index contributed by atoms with van der Waals surface area (Å²) in [5, 5.41) is 6.71. The van der Waals surface area contributed by atoms with Gasteiger partial charge in [0.05, 0.1) is 0 Å². The molecule has 0 unspecified atom stereocenters. The van der Waals surface area contributed by atoms with E-state index in [-0.39, 0.29) is 24.0 Å². The van der Waals surface area contributed by atoms with Crippen LogP contribution < -0.4 is 10.6 Å². The Hall–Kier alpha value is -0.820.